The smallest absolute Gasteiger partial charge is 0.327 e. The summed E-state index contributed by atoms with van der Waals surface area (Å²) >= 11 is 0. The van der Waals surface area contributed by atoms with E-state index in [1.165, 1.54) is 25.3 Å². The fraction of sp³-hybridized carbons (Fsp3) is 0.818. The molecule has 160 valence electrons. The van der Waals surface area contributed by atoms with Gasteiger partial charge in [-0.05, 0) is 51.0 Å². The van der Waals surface area contributed by atoms with Crippen molar-refractivity contribution in [1.82, 2.24) is 10.6 Å². The average molecular weight is 395 g/mol. The molecule has 0 aromatic rings. The van der Waals surface area contributed by atoms with Gasteiger partial charge < -0.3 is 20.5 Å². The summed E-state index contributed by atoms with van der Waals surface area (Å²) in [6, 6.07) is 0. The maximum Gasteiger partial charge on any atom is 0.327 e. The largest absolute Gasteiger partial charge is 0.478 e. The van der Waals surface area contributed by atoms with Gasteiger partial charge in [0.15, 0.2) is 0 Å². The van der Waals surface area contributed by atoms with Gasteiger partial charge in [-0.25, -0.2) is 4.79 Å². The molecule has 2 aliphatic rings. The van der Waals surface area contributed by atoms with Gasteiger partial charge in [-0.15, -0.1) is 0 Å². The van der Waals surface area contributed by atoms with Crippen LogP contribution in [0, 0.1) is 11.8 Å². The molecule has 0 radical (unpaired) electrons. The van der Waals surface area contributed by atoms with E-state index < -0.39 is 5.97 Å². The molecular formula is C22H38N2O4. The average Bonchev–Trinajstić information content (AvgIpc) is 3.27. The van der Waals surface area contributed by atoms with Crippen LogP contribution in [0.1, 0.15) is 71.1 Å². The molecule has 0 spiro atoms. The fourth-order valence-corrected chi connectivity index (χ4v) is 4.55. The molecule has 28 heavy (non-hydrogen) atoms. The van der Waals surface area contributed by atoms with Gasteiger partial charge in [-0.2, -0.15) is 0 Å². The van der Waals surface area contributed by atoms with Gasteiger partial charge in [0, 0.05) is 18.5 Å². The second-order valence-corrected chi connectivity index (χ2v) is 8.18. The molecule has 0 aliphatic carbocycles. The first kappa shape index (κ1) is 22.9. The van der Waals surface area contributed by atoms with Crippen LogP contribution in [0.3, 0.4) is 0 Å². The third-order valence-corrected chi connectivity index (χ3v) is 6.04. The summed E-state index contributed by atoms with van der Waals surface area (Å²) in [4.78, 5) is 22.6. The molecule has 0 aromatic heterocycles. The van der Waals surface area contributed by atoms with E-state index in [1.54, 1.807) is 6.08 Å². The number of rotatable bonds is 15. The van der Waals surface area contributed by atoms with Crippen LogP contribution in [0.15, 0.2) is 12.2 Å². The van der Waals surface area contributed by atoms with E-state index in [-0.39, 0.29) is 5.91 Å². The van der Waals surface area contributed by atoms with Crippen molar-refractivity contribution in [3.8, 4) is 0 Å². The third-order valence-electron chi connectivity index (χ3n) is 6.04. The number of carbonyl (C=O) groups excluding carboxylic acids is 1. The van der Waals surface area contributed by atoms with Crippen molar-refractivity contribution >= 4 is 11.9 Å². The van der Waals surface area contributed by atoms with Crippen molar-refractivity contribution in [3.63, 3.8) is 0 Å². The number of ether oxygens (including phenoxy) is 1. The van der Waals surface area contributed by atoms with Gasteiger partial charge in [0.25, 0.3) is 0 Å². The molecule has 0 saturated carbocycles. The number of hydrogen-bond acceptors (Lipinski definition) is 4. The molecule has 1 amide bonds. The topological polar surface area (TPSA) is 87.7 Å². The van der Waals surface area contributed by atoms with Crippen molar-refractivity contribution in [1.29, 1.82) is 0 Å². The second-order valence-electron chi connectivity index (χ2n) is 8.18. The molecule has 2 heterocycles. The van der Waals surface area contributed by atoms with E-state index in [1.807, 2.05) is 0 Å². The van der Waals surface area contributed by atoms with Crippen LogP contribution in [0.4, 0.5) is 0 Å². The Morgan fingerprint density at radius 1 is 1.07 bits per heavy atom. The minimum absolute atomic E-state index is 0.0795. The van der Waals surface area contributed by atoms with Crippen LogP contribution in [0.25, 0.3) is 0 Å². The fourth-order valence-electron chi connectivity index (χ4n) is 4.55. The lowest BCUT2D eigenvalue weighted by Crippen LogP contribution is -2.41. The summed E-state index contributed by atoms with van der Waals surface area (Å²) in [7, 11) is 0. The van der Waals surface area contributed by atoms with Gasteiger partial charge in [-0.1, -0.05) is 38.7 Å². The molecule has 4 atom stereocenters. The van der Waals surface area contributed by atoms with Crippen molar-refractivity contribution < 1.29 is 19.4 Å². The Bertz CT molecular complexity index is 509. The van der Waals surface area contributed by atoms with Crippen molar-refractivity contribution in [2.24, 2.45) is 11.8 Å². The predicted octanol–water partition coefficient (Wildman–Crippen LogP) is 3.27. The lowest BCUT2D eigenvalue weighted by molar-refractivity contribution is -0.131. The Hall–Kier alpha value is -1.40. The lowest BCUT2D eigenvalue weighted by atomic mass is 9.76. The number of nitrogens with one attached hydrogen (secondary N) is 2. The van der Waals surface area contributed by atoms with E-state index >= 15 is 0 Å². The molecule has 2 rings (SSSR count). The highest BCUT2D eigenvalue weighted by Crippen LogP contribution is 2.45. The van der Waals surface area contributed by atoms with Crippen LogP contribution >= 0.6 is 0 Å². The zero-order chi connectivity index (χ0) is 20.2. The van der Waals surface area contributed by atoms with E-state index in [9.17, 15) is 9.59 Å². The van der Waals surface area contributed by atoms with E-state index in [0.29, 0.717) is 37.1 Å². The number of carbonyl (C=O) groups is 2. The standard InChI is InChI=1S/C22H38N2O4/c1-2-3-4-9-14-23-16-21(25)24-15-18-17(19-12-13-20(18)28-19)10-7-5-6-8-11-22(26)27/h8,11,17-20,23H,2-7,9-10,12-16H2,1H3,(H,24,25)(H,26,27)/t17-,18+,19-,20+/m1/s1. The SMILES string of the molecule is CCCCCCNCC(=O)NC[C@H]1[C@@H](CCCCC=CC(=O)O)[C@H]2CC[C@@H]1O2. The molecule has 6 nitrogen and oxygen atoms in total. The van der Waals surface area contributed by atoms with Gasteiger partial charge in [0.1, 0.15) is 0 Å². The molecule has 2 fully saturated rings. The van der Waals surface area contributed by atoms with E-state index in [2.05, 4.69) is 17.6 Å². The Balaban J connectivity index is 1.62. The Morgan fingerprint density at radius 3 is 2.61 bits per heavy atom. The lowest BCUT2D eigenvalue weighted by Gasteiger charge is -2.28. The van der Waals surface area contributed by atoms with Gasteiger partial charge in [-0.3, -0.25) is 4.79 Å². The first-order valence-corrected chi connectivity index (χ1v) is 11.1. The maximum absolute atomic E-state index is 12.1. The molecular weight excluding hydrogens is 356 g/mol. The van der Waals surface area contributed by atoms with E-state index in [4.69, 9.17) is 9.84 Å². The monoisotopic (exact) mass is 394 g/mol. The number of fused-ring (bicyclic) bond motifs is 2. The van der Waals surface area contributed by atoms with Crippen LogP contribution in [-0.2, 0) is 14.3 Å². The normalized spacial score (nSPS) is 26.2. The molecule has 0 aromatic carbocycles. The zero-order valence-corrected chi connectivity index (χ0v) is 17.3. The maximum atomic E-state index is 12.1. The van der Waals surface area contributed by atoms with Crippen molar-refractivity contribution in [2.45, 2.75) is 83.3 Å². The summed E-state index contributed by atoms with van der Waals surface area (Å²) < 4.78 is 6.12. The summed E-state index contributed by atoms with van der Waals surface area (Å²) in [6.45, 7) is 4.21. The number of carboxylic acid groups (broad SMARTS) is 1. The quantitative estimate of drug-likeness (QED) is 0.293. The van der Waals surface area contributed by atoms with Crippen LogP contribution in [0.2, 0.25) is 0 Å². The molecule has 3 N–H and O–H groups in total. The summed E-state index contributed by atoms with van der Waals surface area (Å²) in [6.07, 6.45) is 14.7. The van der Waals surface area contributed by atoms with Crippen LogP contribution in [-0.4, -0.2) is 48.8 Å². The number of amides is 1. The number of carboxylic acids is 1. The third kappa shape index (κ3) is 7.92. The molecule has 2 aliphatic heterocycles. The molecule has 2 bridgehead atoms. The summed E-state index contributed by atoms with van der Waals surface area (Å²) in [5.74, 6) is 0.134. The highest BCUT2D eigenvalue weighted by molar-refractivity contribution is 5.79. The highest BCUT2D eigenvalue weighted by atomic mass is 16.5. The Morgan fingerprint density at radius 2 is 1.86 bits per heavy atom. The molecule has 2 saturated heterocycles. The second kappa shape index (κ2) is 12.9. The summed E-state index contributed by atoms with van der Waals surface area (Å²) in [5.41, 5.74) is 0. The zero-order valence-electron chi connectivity index (χ0n) is 17.3. The van der Waals surface area contributed by atoms with Crippen LogP contribution in [0.5, 0.6) is 0 Å². The number of unbranched alkanes of at least 4 members (excludes halogenated alkanes) is 5. The Kier molecular flexibility index (Phi) is 10.6. The first-order valence-electron chi connectivity index (χ1n) is 11.1. The number of aliphatic carboxylic acids is 1. The van der Waals surface area contributed by atoms with Crippen LogP contribution < -0.4 is 10.6 Å². The molecule has 0 unspecified atom stereocenters. The Labute approximate surface area is 169 Å². The predicted molar refractivity (Wildman–Crippen MR) is 110 cm³/mol. The summed E-state index contributed by atoms with van der Waals surface area (Å²) in [5, 5.41) is 15.0. The van der Waals surface area contributed by atoms with Crippen molar-refractivity contribution in [3.05, 3.63) is 12.2 Å². The van der Waals surface area contributed by atoms with Gasteiger partial charge in [0.2, 0.25) is 5.91 Å². The van der Waals surface area contributed by atoms with Crippen molar-refractivity contribution in [2.75, 3.05) is 19.6 Å². The van der Waals surface area contributed by atoms with Gasteiger partial charge >= 0.3 is 5.97 Å². The number of allylic oxidation sites excluding steroid dienone is 1. The van der Waals surface area contributed by atoms with Gasteiger partial charge in [0.05, 0.1) is 18.8 Å². The minimum Gasteiger partial charge on any atom is -0.478 e. The van der Waals surface area contributed by atoms with E-state index in [0.717, 1.165) is 51.5 Å². The minimum atomic E-state index is -0.882. The highest BCUT2D eigenvalue weighted by Gasteiger charge is 2.48. The first-order chi connectivity index (χ1) is 13.6. The molecule has 6 heteroatoms. The number of hydrogen-bond donors (Lipinski definition) is 3.